The van der Waals surface area contributed by atoms with Gasteiger partial charge in [0.15, 0.2) is 11.6 Å². The largest absolute Gasteiger partial charge is 0.508 e. The third kappa shape index (κ3) is 4.71. The minimum absolute atomic E-state index is 0.0353. The molecule has 0 radical (unpaired) electrons. The lowest BCUT2D eigenvalue weighted by atomic mass is 9.95. The van der Waals surface area contributed by atoms with Gasteiger partial charge < -0.3 is 24.2 Å². The van der Waals surface area contributed by atoms with Gasteiger partial charge in [-0.2, -0.15) is 9.97 Å². The van der Waals surface area contributed by atoms with Crippen molar-refractivity contribution >= 4 is 27.5 Å². The summed E-state index contributed by atoms with van der Waals surface area (Å²) in [5.74, 6) is 0.561. The number of halogens is 3. The molecule has 46 heavy (non-hydrogen) atoms. The Bertz CT molecular complexity index is 1900. The summed E-state index contributed by atoms with van der Waals surface area (Å²) in [7, 11) is 0. The van der Waals surface area contributed by atoms with Crippen LogP contribution in [0.1, 0.15) is 37.7 Å². The normalized spacial score (nSPS) is 24.2. The Hall–Kier alpha value is -4.18. The predicted molar refractivity (Wildman–Crippen MR) is 164 cm³/mol. The van der Waals surface area contributed by atoms with Crippen LogP contribution in [0.5, 0.6) is 11.8 Å². The lowest BCUT2D eigenvalue weighted by molar-refractivity contribution is -0.169. The number of phenolic OH excluding ortho intramolecular Hbond substituents is 1. The van der Waals surface area contributed by atoms with Crippen molar-refractivity contribution in [2.75, 3.05) is 50.9 Å². The predicted octanol–water partition coefficient (Wildman–Crippen LogP) is 5.11. The number of phenols is 1. The van der Waals surface area contributed by atoms with Crippen LogP contribution in [0.25, 0.3) is 32.9 Å². The van der Waals surface area contributed by atoms with E-state index in [4.69, 9.17) is 25.6 Å². The van der Waals surface area contributed by atoms with E-state index in [9.17, 15) is 13.9 Å². The third-order valence-corrected chi connectivity index (χ3v) is 9.96. The number of hydrogen-bond acceptors (Lipinski definition) is 9. The molecule has 4 aromatic rings. The van der Waals surface area contributed by atoms with Gasteiger partial charge in [-0.05, 0) is 43.0 Å². The molecule has 0 bridgehead atoms. The zero-order chi connectivity index (χ0) is 31.6. The monoisotopic (exact) mass is 631 g/mol. The van der Waals surface area contributed by atoms with Crippen LogP contribution in [-0.2, 0) is 9.47 Å². The van der Waals surface area contributed by atoms with Gasteiger partial charge in [0.25, 0.3) is 0 Å². The van der Waals surface area contributed by atoms with E-state index in [1.54, 1.807) is 0 Å². The van der Waals surface area contributed by atoms with E-state index in [2.05, 4.69) is 20.8 Å². The van der Waals surface area contributed by atoms with Crippen molar-refractivity contribution in [3.63, 3.8) is 0 Å². The smallest absolute Gasteiger partial charge is 0.319 e. The van der Waals surface area contributed by atoms with Crippen molar-refractivity contribution < 1.29 is 32.5 Å². The molecule has 4 fully saturated rings. The Morgan fingerprint density at radius 2 is 1.89 bits per heavy atom. The van der Waals surface area contributed by atoms with Gasteiger partial charge in [-0.1, -0.05) is 12.0 Å². The molecule has 2 atom stereocenters. The second-order valence-electron chi connectivity index (χ2n) is 12.6. The molecule has 12 heteroatoms. The van der Waals surface area contributed by atoms with Gasteiger partial charge in [-0.15, -0.1) is 6.42 Å². The zero-order valence-electron chi connectivity index (χ0n) is 25.1. The van der Waals surface area contributed by atoms with Crippen LogP contribution in [0, 0.1) is 24.0 Å². The highest BCUT2D eigenvalue weighted by atomic mass is 19.1. The first kappa shape index (κ1) is 29.2. The summed E-state index contributed by atoms with van der Waals surface area (Å²) < 4.78 is 64.1. The Labute approximate surface area is 263 Å². The van der Waals surface area contributed by atoms with Crippen LogP contribution in [0.2, 0.25) is 0 Å². The number of terminal acetylenes is 1. The second kappa shape index (κ2) is 11.0. The number of nitrogens with zero attached hydrogens (tertiary/aromatic N) is 5. The highest BCUT2D eigenvalue weighted by Crippen LogP contribution is 2.42. The maximum absolute atomic E-state index is 16.8. The van der Waals surface area contributed by atoms with E-state index in [1.807, 2.05) is 4.90 Å². The number of aromatic nitrogens is 3. The molecule has 8 rings (SSSR count). The number of hydrogen-bond donors (Lipinski definition) is 1. The van der Waals surface area contributed by atoms with Gasteiger partial charge in [0.05, 0.1) is 29.7 Å². The van der Waals surface area contributed by atoms with Crippen LogP contribution < -0.4 is 9.64 Å². The van der Waals surface area contributed by atoms with Crippen LogP contribution >= 0.6 is 0 Å². The van der Waals surface area contributed by atoms with Crippen LogP contribution in [0.3, 0.4) is 0 Å². The molecule has 4 saturated heterocycles. The van der Waals surface area contributed by atoms with E-state index < -0.39 is 29.1 Å². The molecule has 0 saturated carbocycles. The fourth-order valence-electron chi connectivity index (χ4n) is 7.76. The number of pyridine rings is 1. The van der Waals surface area contributed by atoms with Gasteiger partial charge in [-0.25, -0.2) is 13.2 Å². The fraction of sp³-hybridized carbons (Fsp3) is 0.441. The van der Waals surface area contributed by atoms with Gasteiger partial charge in [0, 0.05) is 56.0 Å². The molecule has 0 aliphatic carbocycles. The topological polar surface area (TPSA) is 93.1 Å². The van der Waals surface area contributed by atoms with Gasteiger partial charge in [0.2, 0.25) is 0 Å². The maximum Gasteiger partial charge on any atom is 0.319 e. The number of aromatic hydroxyl groups is 1. The fourth-order valence-corrected chi connectivity index (χ4v) is 7.76. The Kier molecular flexibility index (Phi) is 6.97. The minimum Gasteiger partial charge on any atom is -0.508 e. The molecule has 2 aromatic carbocycles. The van der Waals surface area contributed by atoms with Crippen LogP contribution in [0.4, 0.5) is 19.0 Å². The molecule has 9 nitrogen and oxygen atoms in total. The first-order valence-corrected chi connectivity index (χ1v) is 15.6. The zero-order valence-corrected chi connectivity index (χ0v) is 25.1. The van der Waals surface area contributed by atoms with E-state index in [0.29, 0.717) is 68.7 Å². The number of benzene rings is 2. The molecule has 4 aliphatic rings. The lowest BCUT2D eigenvalue weighted by Crippen LogP contribution is -2.45. The average Bonchev–Trinajstić information content (AvgIpc) is 3.75. The number of alkyl halides is 1. The standard InChI is InChI=1S/C34H32F3N5O4/c1-2-23-26(36)5-4-20-14-22(43)15-24(27(20)23)29-28(37)30-25(17-38-29)31(41-10-7-34(8-11-41)45-12-13-46-34)40-32(39-30)44-19-33-6-3-9-42(33)18-21(35)16-33/h1,4-5,14-15,17,21,43H,3,6-13,16,18-19H2/t21-,33+/m1/s1. The van der Waals surface area contributed by atoms with Gasteiger partial charge >= 0.3 is 6.01 Å². The molecule has 238 valence electrons. The first-order valence-electron chi connectivity index (χ1n) is 15.6. The quantitative estimate of drug-likeness (QED) is 0.302. The SMILES string of the molecule is C#Cc1c(F)ccc2cc(O)cc(-c3ncc4c(N5CCC6(CC5)OCCO6)nc(OC[C@@]56CCCN5C[C@H](F)C6)nc4c3F)c12. The summed E-state index contributed by atoms with van der Waals surface area (Å²) >= 11 is 0. The number of ether oxygens (including phenoxy) is 3. The van der Waals surface area contributed by atoms with E-state index in [0.717, 1.165) is 19.4 Å². The van der Waals surface area contributed by atoms with Crippen molar-refractivity contribution in [2.45, 2.75) is 49.6 Å². The number of rotatable bonds is 5. The first-order chi connectivity index (χ1) is 22.3. The highest BCUT2D eigenvalue weighted by molar-refractivity contribution is 6.03. The summed E-state index contributed by atoms with van der Waals surface area (Å²) in [4.78, 5) is 17.9. The van der Waals surface area contributed by atoms with Gasteiger partial charge in [0.1, 0.15) is 41.4 Å². The van der Waals surface area contributed by atoms with E-state index in [1.165, 1.54) is 30.5 Å². The Morgan fingerprint density at radius 1 is 1.09 bits per heavy atom. The molecule has 1 spiro atoms. The Morgan fingerprint density at radius 3 is 2.67 bits per heavy atom. The van der Waals surface area contributed by atoms with Gasteiger partial charge in [-0.3, -0.25) is 9.88 Å². The van der Waals surface area contributed by atoms with Crippen molar-refractivity contribution in [3.05, 3.63) is 47.7 Å². The maximum atomic E-state index is 16.8. The summed E-state index contributed by atoms with van der Waals surface area (Å²) in [5.41, 5.74) is -0.606. The molecule has 6 heterocycles. The summed E-state index contributed by atoms with van der Waals surface area (Å²) in [5, 5.41) is 11.6. The van der Waals surface area contributed by atoms with Crippen LogP contribution in [-0.4, -0.2) is 88.5 Å². The molecule has 2 aromatic heterocycles. The van der Waals surface area contributed by atoms with Crippen LogP contribution in [0.15, 0.2) is 30.5 Å². The lowest BCUT2D eigenvalue weighted by Gasteiger charge is -2.38. The third-order valence-electron chi connectivity index (χ3n) is 9.96. The molecular weight excluding hydrogens is 599 g/mol. The Balaban J connectivity index is 1.25. The molecule has 4 aliphatic heterocycles. The molecule has 0 unspecified atom stereocenters. The van der Waals surface area contributed by atoms with Crippen molar-refractivity contribution in [3.8, 4) is 35.4 Å². The summed E-state index contributed by atoms with van der Waals surface area (Å²) in [6.07, 6.45) is 9.51. The second-order valence-corrected chi connectivity index (χ2v) is 12.6. The molecule has 0 amide bonds. The molecular formula is C34H32F3N5O4. The van der Waals surface area contributed by atoms with Crippen molar-refractivity contribution in [1.82, 2.24) is 19.9 Å². The van der Waals surface area contributed by atoms with Crippen molar-refractivity contribution in [2.24, 2.45) is 0 Å². The number of fused-ring (bicyclic) bond motifs is 3. The minimum atomic E-state index is -0.932. The van der Waals surface area contributed by atoms with E-state index >= 15 is 4.39 Å². The molecule has 1 N–H and O–H groups in total. The summed E-state index contributed by atoms with van der Waals surface area (Å²) in [6, 6.07) is 5.39. The highest BCUT2D eigenvalue weighted by Gasteiger charge is 2.49. The summed E-state index contributed by atoms with van der Waals surface area (Å²) in [6.45, 7) is 3.48. The number of piperidine rings is 1. The average molecular weight is 632 g/mol. The van der Waals surface area contributed by atoms with E-state index in [-0.39, 0.29) is 46.1 Å². The van der Waals surface area contributed by atoms with Crippen molar-refractivity contribution in [1.29, 1.82) is 0 Å². The number of anilines is 1.